The van der Waals surface area contributed by atoms with E-state index in [2.05, 4.69) is 6.07 Å². The number of amides is 1. The number of rotatable bonds is 2. The molecule has 4 rings (SSSR count). The second-order valence-corrected chi connectivity index (χ2v) is 8.94. The van der Waals surface area contributed by atoms with Crippen LogP contribution in [0.2, 0.25) is 0 Å². The summed E-state index contributed by atoms with van der Waals surface area (Å²) in [7, 11) is 0. The molecule has 1 aliphatic heterocycles. The minimum absolute atomic E-state index is 0.143. The number of likely N-dealkylation sites (tertiary alicyclic amines) is 1. The molecule has 1 fully saturated rings. The lowest BCUT2D eigenvalue weighted by atomic mass is 9.99. The second kappa shape index (κ2) is 8.03. The summed E-state index contributed by atoms with van der Waals surface area (Å²) < 4.78 is 7.51. The average molecular weight is 418 g/mol. The maximum Gasteiger partial charge on any atom is 0.410 e. The largest absolute Gasteiger partial charge is 0.444 e. The zero-order valence-corrected chi connectivity index (χ0v) is 18.4. The Morgan fingerprint density at radius 1 is 1.13 bits per heavy atom. The molecular weight excluding hydrogens is 390 g/mol. The van der Waals surface area contributed by atoms with Crippen LogP contribution in [0.15, 0.2) is 36.4 Å². The molecule has 0 radical (unpaired) electrons. The highest BCUT2D eigenvalue weighted by atomic mass is 16.6. The Kier molecular flexibility index (Phi) is 5.40. The number of nitrogens with zero attached hydrogens (tertiary/aromatic N) is 5. The number of carbonyl (C=O) groups is 1. The molecule has 1 aliphatic rings. The molecular formula is C24H27N5O2. The number of aromatic nitrogens is 3. The molecule has 2 aromatic carbocycles. The number of carbonyl (C=O) groups excluding carboxylic acids is 1. The van der Waals surface area contributed by atoms with Gasteiger partial charge in [-0.2, -0.15) is 10.4 Å². The van der Waals surface area contributed by atoms with Crippen LogP contribution in [0.5, 0.6) is 0 Å². The Hall–Kier alpha value is -3.40. The summed E-state index contributed by atoms with van der Waals surface area (Å²) in [6.07, 6.45) is 1.30. The Morgan fingerprint density at radius 3 is 2.48 bits per heavy atom. The van der Waals surface area contributed by atoms with Crippen LogP contribution in [-0.2, 0) is 4.74 Å². The van der Waals surface area contributed by atoms with Crippen molar-refractivity contribution in [3.05, 3.63) is 47.8 Å². The molecule has 31 heavy (non-hydrogen) atoms. The van der Waals surface area contributed by atoms with Crippen LogP contribution in [0.1, 0.15) is 51.0 Å². The van der Waals surface area contributed by atoms with Crippen molar-refractivity contribution in [1.82, 2.24) is 19.7 Å². The van der Waals surface area contributed by atoms with Gasteiger partial charge in [0.15, 0.2) is 5.82 Å². The lowest BCUT2D eigenvalue weighted by Crippen LogP contribution is -2.42. The van der Waals surface area contributed by atoms with Gasteiger partial charge in [0.1, 0.15) is 11.4 Å². The number of benzene rings is 2. The highest BCUT2D eigenvalue weighted by Gasteiger charge is 2.29. The molecule has 160 valence electrons. The van der Waals surface area contributed by atoms with Crippen LogP contribution in [0.4, 0.5) is 4.79 Å². The number of ether oxygens (including phenoxy) is 1. The van der Waals surface area contributed by atoms with Crippen LogP contribution < -0.4 is 0 Å². The zero-order valence-electron chi connectivity index (χ0n) is 18.4. The fraction of sp³-hybridized carbons (Fsp3) is 0.417. The number of nitriles is 1. The summed E-state index contributed by atoms with van der Waals surface area (Å²) in [6, 6.07) is 14.1. The first kappa shape index (κ1) is 20.9. The van der Waals surface area contributed by atoms with E-state index in [0.29, 0.717) is 24.5 Å². The van der Waals surface area contributed by atoms with Crippen molar-refractivity contribution in [2.75, 3.05) is 13.1 Å². The third-order valence-corrected chi connectivity index (χ3v) is 5.48. The molecule has 0 spiro atoms. The van der Waals surface area contributed by atoms with E-state index in [1.807, 2.05) is 68.8 Å². The molecule has 3 aromatic rings. The van der Waals surface area contributed by atoms with Crippen molar-refractivity contribution < 1.29 is 9.53 Å². The number of aryl methyl sites for hydroxylation is 1. The van der Waals surface area contributed by atoms with Crippen molar-refractivity contribution in [3.63, 3.8) is 0 Å². The first-order valence-electron chi connectivity index (χ1n) is 10.6. The van der Waals surface area contributed by atoms with Gasteiger partial charge in [0, 0.05) is 24.0 Å². The molecule has 7 nitrogen and oxygen atoms in total. The van der Waals surface area contributed by atoms with E-state index in [9.17, 15) is 10.1 Å². The van der Waals surface area contributed by atoms with Crippen molar-refractivity contribution in [2.45, 2.75) is 52.2 Å². The van der Waals surface area contributed by atoms with E-state index in [-0.39, 0.29) is 12.1 Å². The van der Waals surface area contributed by atoms with Crippen LogP contribution in [0, 0.1) is 18.3 Å². The summed E-state index contributed by atoms with van der Waals surface area (Å²) in [5.74, 6) is 1.51. The highest BCUT2D eigenvalue weighted by molar-refractivity contribution is 5.98. The highest BCUT2D eigenvalue weighted by Crippen LogP contribution is 2.33. The van der Waals surface area contributed by atoms with Gasteiger partial charge in [0.05, 0.1) is 17.7 Å². The zero-order chi connectivity index (χ0) is 22.2. The van der Waals surface area contributed by atoms with Gasteiger partial charge in [-0.25, -0.2) is 14.5 Å². The molecule has 1 aromatic heterocycles. The molecule has 0 bridgehead atoms. The van der Waals surface area contributed by atoms with Gasteiger partial charge in [0.2, 0.25) is 0 Å². The van der Waals surface area contributed by atoms with Crippen LogP contribution in [-0.4, -0.2) is 44.4 Å². The van der Waals surface area contributed by atoms with Crippen LogP contribution in [0.3, 0.4) is 0 Å². The van der Waals surface area contributed by atoms with Gasteiger partial charge in [-0.1, -0.05) is 30.3 Å². The van der Waals surface area contributed by atoms with Gasteiger partial charge < -0.3 is 9.64 Å². The maximum absolute atomic E-state index is 12.4. The quantitative estimate of drug-likeness (QED) is 0.595. The maximum atomic E-state index is 12.4. The lowest BCUT2D eigenvalue weighted by Gasteiger charge is -2.33. The molecule has 0 atom stereocenters. The van der Waals surface area contributed by atoms with Crippen LogP contribution in [0.25, 0.3) is 22.2 Å². The van der Waals surface area contributed by atoms with Crippen molar-refractivity contribution in [2.24, 2.45) is 0 Å². The minimum atomic E-state index is -0.499. The summed E-state index contributed by atoms with van der Waals surface area (Å²) in [4.78, 5) is 18.9. The number of hydrogen-bond donors (Lipinski definition) is 0. The fourth-order valence-corrected chi connectivity index (χ4v) is 4.09. The van der Waals surface area contributed by atoms with E-state index < -0.39 is 5.60 Å². The van der Waals surface area contributed by atoms with Gasteiger partial charge in [0.25, 0.3) is 0 Å². The molecule has 7 heteroatoms. The van der Waals surface area contributed by atoms with Crippen molar-refractivity contribution >= 4 is 16.9 Å². The first-order valence-corrected chi connectivity index (χ1v) is 10.6. The molecule has 0 N–H and O–H groups in total. The Balaban J connectivity index is 1.62. The predicted octanol–water partition coefficient (Wildman–Crippen LogP) is 4.85. The fourth-order valence-electron chi connectivity index (χ4n) is 4.09. The summed E-state index contributed by atoms with van der Waals surface area (Å²) in [6.45, 7) is 8.76. The third-order valence-electron chi connectivity index (χ3n) is 5.48. The molecule has 0 saturated carbocycles. The Labute approximate surface area is 182 Å². The Morgan fingerprint density at radius 2 is 1.81 bits per heavy atom. The van der Waals surface area contributed by atoms with Gasteiger partial charge in [-0.3, -0.25) is 0 Å². The number of hydrogen-bond acceptors (Lipinski definition) is 5. The minimum Gasteiger partial charge on any atom is -0.444 e. The van der Waals surface area contributed by atoms with Crippen LogP contribution >= 0.6 is 0 Å². The Bertz CT molecular complexity index is 1160. The SMILES string of the molecule is Cc1nc(-c2cccc3c(C#N)cccc23)n(C2CCN(C(=O)OC(C)(C)C)CC2)n1. The molecule has 0 unspecified atom stereocenters. The van der Waals surface area contributed by atoms with Gasteiger partial charge >= 0.3 is 6.09 Å². The smallest absolute Gasteiger partial charge is 0.410 e. The normalized spacial score (nSPS) is 15.1. The molecule has 1 amide bonds. The second-order valence-electron chi connectivity index (χ2n) is 8.94. The summed E-state index contributed by atoms with van der Waals surface area (Å²) in [5.41, 5.74) is 1.11. The van der Waals surface area contributed by atoms with E-state index in [4.69, 9.17) is 14.8 Å². The number of piperidine rings is 1. The van der Waals surface area contributed by atoms with E-state index in [1.54, 1.807) is 4.90 Å². The average Bonchev–Trinajstić information content (AvgIpc) is 3.13. The van der Waals surface area contributed by atoms with E-state index in [1.165, 1.54) is 0 Å². The van der Waals surface area contributed by atoms with E-state index >= 15 is 0 Å². The summed E-state index contributed by atoms with van der Waals surface area (Å²) in [5, 5.41) is 16.1. The predicted molar refractivity (Wildman–Crippen MR) is 118 cm³/mol. The van der Waals surface area contributed by atoms with Gasteiger partial charge in [-0.05, 0) is 52.0 Å². The molecule has 2 heterocycles. The van der Waals surface area contributed by atoms with Crippen molar-refractivity contribution in [3.8, 4) is 17.5 Å². The molecule has 0 aliphatic carbocycles. The monoisotopic (exact) mass is 417 g/mol. The standard InChI is InChI=1S/C24H27N5O2/c1-16-26-22(21-10-6-8-19-17(15-25)7-5-9-20(19)21)29(27-16)18-11-13-28(14-12-18)23(30)31-24(2,3)4/h5-10,18H,11-14H2,1-4H3. The first-order chi connectivity index (χ1) is 14.8. The molecule has 1 saturated heterocycles. The van der Waals surface area contributed by atoms with Gasteiger partial charge in [-0.15, -0.1) is 0 Å². The van der Waals surface area contributed by atoms with E-state index in [0.717, 1.165) is 35.0 Å². The lowest BCUT2D eigenvalue weighted by molar-refractivity contribution is 0.0185. The topological polar surface area (TPSA) is 84.0 Å². The summed E-state index contributed by atoms with van der Waals surface area (Å²) >= 11 is 0. The third kappa shape index (κ3) is 4.24. The number of fused-ring (bicyclic) bond motifs is 1. The van der Waals surface area contributed by atoms with Crippen molar-refractivity contribution in [1.29, 1.82) is 5.26 Å².